The van der Waals surface area contributed by atoms with Crippen LogP contribution in [0.2, 0.25) is 0 Å². The van der Waals surface area contributed by atoms with Crippen LogP contribution >= 0.6 is 0 Å². The van der Waals surface area contributed by atoms with Crippen molar-refractivity contribution in [1.82, 2.24) is 0 Å². The van der Waals surface area contributed by atoms with Crippen molar-refractivity contribution in [3.63, 3.8) is 0 Å². The van der Waals surface area contributed by atoms with Gasteiger partial charge in [0, 0.05) is 5.56 Å². The summed E-state index contributed by atoms with van der Waals surface area (Å²) in [5.74, 6) is -0.171. The standard InChI is InChI=1S/C17H20N2O6S/c1-24-15-5-3-11(9-13(15)18)17(21)19-14-10-12(4-6-16(14)25-2)26(22,23)8-7-20/h3-6,9-10,20H,7-8,18H2,1-2H3,(H,19,21). The molecule has 0 saturated carbocycles. The Kier molecular flexibility index (Phi) is 6.06. The molecule has 140 valence electrons. The Hall–Kier alpha value is -2.78. The van der Waals surface area contributed by atoms with E-state index in [4.69, 9.17) is 20.3 Å². The van der Waals surface area contributed by atoms with Gasteiger partial charge in [0.2, 0.25) is 0 Å². The van der Waals surface area contributed by atoms with E-state index in [1.165, 1.54) is 44.6 Å². The lowest BCUT2D eigenvalue weighted by Gasteiger charge is -2.13. The number of aliphatic hydroxyl groups is 1. The van der Waals surface area contributed by atoms with Gasteiger partial charge in [-0.1, -0.05) is 0 Å². The van der Waals surface area contributed by atoms with Gasteiger partial charge in [0.1, 0.15) is 11.5 Å². The zero-order valence-electron chi connectivity index (χ0n) is 14.4. The summed E-state index contributed by atoms with van der Waals surface area (Å²) >= 11 is 0. The fourth-order valence-corrected chi connectivity index (χ4v) is 3.34. The quantitative estimate of drug-likeness (QED) is 0.618. The molecule has 2 rings (SSSR count). The number of rotatable bonds is 7. The van der Waals surface area contributed by atoms with Crippen molar-refractivity contribution in [2.24, 2.45) is 0 Å². The van der Waals surface area contributed by atoms with Crippen LogP contribution in [0.25, 0.3) is 0 Å². The summed E-state index contributed by atoms with van der Waals surface area (Å²) in [4.78, 5) is 12.4. The molecule has 0 unspecified atom stereocenters. The van der Waals surface area contributed by atoms with Crippen molar-refractivity contribution in [3.8, 4) is 11.5 Å². The Morgan fingerprint density at radius 2 is 1.77 bits per heavy atom. The number of nitrogen functional groups attached to an aromatic ring is 1. The van der Waals surface area contributed by atoms with Gasteiger partial charge in [-0.2, -0.15) is 0 Å². The normalized spacial score (nSPS) is 11.0. The lowest BCUT2D eigenvalue weighted by molar-refractivity contribution is 0.102. The molecule has 9 heteroatoms. The van der Waals surface area contributed by atoms with Gasteiger partial charge in [-0.3, -0.25) is 4.79 Å². The molecular weight excluding hydrogens is 360 g/mol. The maximum Gasteiger partial charge on any atom is 0.255 e. The van der Waals surface area contributed by atoms with Crippen molar-refractivity contribution in [2.45, 2.75) is 4.90 Å². The summed E-state index contributed by atoms with van der Waals surface area (Å²) in [6, 6.07) is 8.61. The topological polar surface area (TPSA) is 128 Å². The number of sulfone groups is 1. The zero-order chi connectivity index (χ0) is 19.3. The number of benzene rings is 2. The highest BCUT2D eigenvalue weighted by Crippen LogP contribution is 2.29. The molecule has 0 radical (unpaired) electrons. The van der Waals surface area contributed by atoms with Crippen molar-refractivity contribution >= 4 is 27.1 Å². The first kappa shape index (κ1) is 19.5. The number of anilines is 2. The maximum atomic E-state index is 12.5. The molecule has 0 saturated heterocycles. The number of carbonyl (C=O) groups is 1. The summed E-state index contributed by atoms with van der Waals surface area (Å²) in [5, 5.41) is 11.5. The van der Waals surface area contributed by atoms with Gasteiger partial charge in [0.05, 0.1) is 42.8 Å². The first-order valence-corrected chi connectivity index (χ1v) is 9.24. The predicted octanol–water partition coefficient (Wildman–Crippen LogP) is 1.30. The van der Waals surface area contributed by atoms with Crippen LogP contribution in [0.4, 0.5) is 11.4 Å². The van der Waals surface area contributed by atoms with Crippen LogP contribution in [0.15, 0.2) is 41.3 Å². The van der Waals surface area contributed by atoms with E-state index >= 15 is 0 Å². The maximum absolute atomic E-state index is 12.5. The molecule has 26 heavy (non-hydrogen) atoms. The first-order chi connectivity index (χ1) is 12.3. The third-order valence-electron chi connectivity index (χ3n) is 3.63. The second-order valence-electron chi connectivity index (χ2n) is 5.32. The van der Waals surface area contributed by atoms with Crippen LogP contribution in [0.5, 0.6) is 11.5 Å². The Bertz CT molecular complexity index is 911. The molecule has 1 amide bonds. The first-order valence-electron chi connectivity index (χ1n) is 7.59. The van der Waals surface area contributed by atoms with E-state index in [1.807, 2.05) is 0 Å². The molecule has 2 aromatic carbocycles. The van der Waals surface area contributed by atoms with Gasteiger partial charge >= 0.3 is 0 Å². The molecule has 0 aliphatic rings. The Morgan fingerprint density at radius 1 is 1.12 bits per heavy atom. The molecule has 4 N–H and O–H groups in total. The van der Waals surface area contributed by atoms with Gasteiger partial charge < -0.3 is 25.6 Å². The third kappa shape index (κ3) is 4.24. The minimum atomic E-state index is -3.67. The highest BCUT2D eigenvalue weighted by molar-refractivity contribution is 7.91. The molecular formula is C17H20N2O6S. The van der Waals surface area contributed by atoms with Crippen molar-refractivity contribution in [2.75, 3.05) is 37.6 Å². The minimum absolute atomic E-state index is 0.0307. The van der Waals surface area contributed by atoms with Crippen LogP contribution in [-0.2, 0) is 9.84 Å². The second-order valence-corrected chi connectivity index (χ2v) is 7.42. The van der Waals surface area contributed by atoms with Gasteiger partial charge in [0.25, 0.3) is 5.91 Å². The number of nitrogens with two attached hydrogens (primary N) is 1. The summed E-state index contributed by atoms with van der Waals surface area (Å²) in [5.41, 5.74) is 6.56. The number of ether oxygens (including phenoxy) is 2. The van der Waals surface area contributed by atoms with E-state index in [-0.39, 0.29) is 16.1 Å². The molecule has 0 spiro atoms. The average molecular weight is 380 g/mol. The Balaban J connectivity index is 2.35. The lowest BCUT2D eigenvalue weighted by Crippen LogP contribution is -2.15. The monoisotopic (exact) mass is 380 g/mol. The number of amides is 1. The zero-order valence-corrected chi connectivity index (χ0v) is 15.2. The van der Waals surface area contributed by atoms with E-state index in [0.717, 1.165) is 0 Å². The predicted molar refractivity (Wildman–Crippen MR) is 97.5 cm³/mol. The number of methoxy groups -OCH3 is 2. The number of nitrogens with one attached hydrogen (secondary N) is 1. The summed E-state index contributed by atoms with van der Waals surface area (Å²) in [6.45, 7) is -0.499. The van der Waals surface area contributed by atoms with E-state index in [9.17, 15) is 13.2 Å². The van der Waals surface area contributed by atoms with Crippen LogP contribution < -0.4 is 20.5 Å². The van der Waals surface area contributed by atoms with Gasteiger partial charge in [-0.05, 0) is 36.4 Å². The largest absolute Gasteiger partial charge is 0.495 e. The molecule has 0 fully saturated rings. The fraction of sp³-hybridized carbons (Fsp3) is 0.235. The Morgan fingerprint density at radius 3 is 2.35 bits per heavy atom. The van der Waals surface area contributed by atoms with Crippen molar-refractivity contribution in [1.29, 1.82) is 0 Å². The highest BCUT2D eigenvalue weighted by atomic mass is 32.2. The van der Waals surface area contributed by atoms with Crippen LogP contribution in [-0.4, -0.2) is 46.0 Å². The number of carbonyl (C=O) groups excluding carboxylic acids is 1. The van der Waals surface area contributed by atoms with Gasteiger partial charge in [-0.25, -0.2) is 8.42 Å². The van der Waals surface area contributed by atoms with E-state index < -0.39 is 28.1 Å². The molecule has 0 aromatic heterocycles. The molecule has 8 nitrogen and oxygen atoms in total. The summed E-state index contributed by atoms with van der Waals surface area (Å²) in [6.07, 6.45) is 0. The lowest BCUT2D eigenvalue weighted by atomic mass is 10.1. The van der Waals surface area contributed by atoms with Crippen molar-refractivity contribution in [3.05, 3.63) is 42.0 Å². The average Bonchev–Trinajstić information content (AvgIpc) is 2.61. The fourth-order valence-electron chi connectivity index (χ4n) is 2.29. The summed E-state index contributed by atoms with van der Waals surface area (Å²) in [7, 11) is -0.799. The molecule has 0 aliphatic carbocycles. The smallest absolute Gasteiger partial charge is 0.255 e. The van der Waals surface area contributed by atoms with E-state index in [0.29, 0.717) is 17.2 Å². The van der Waals surface area contributed by atoms with Crippen LogP contribution in [0.3, 0.4) is 0 Å². The van der Waals surface area contributed by atoms with E-state index in [2.05, 4.69) is 5.32 Å². The van der Waals surface area contributed by atoms with Crippen LogP contribution in [0, 0.1) is 0 Å². The molecule has 0 bridgehead atoms. The SMILES string of the molecule is COc1ccc(C(=O)Nc2cc(S(=O)(=O)CCO)ccc2OC)cc1N. The minimum Gasteiger partial charge on any atom is -0.495 e. The van der Waals surface area contributed by atoms with E-state index in [1.54, 1.807) is 6.07 Å². The van der Waals surface area contributed by atoms with Crippen molar-refractivity contribution < 1.29 is 27.8 Å². The highest BCUT2D eigenvalue weighted by Gasteiger charge is 2.18. The van der Waals surface area contributed by atoms with Gasteiger partial charge in [-0.15, -0.1) is 0 Å². The molecule has 0 atom stereocenters. The number of hydrogen-bond donors (Lipinski definition) is 3. The number of hydrogen-bond acceptors (Lipinski definition) is 7. The second kappa shape index (κ2) is 8.07. The Labute approximate surface area is 151 Å². The summed E-state index contributed by atoms with van der Waals surface area (Å²) < 4.78 is 34.4. The molecule has 0 heterocycles. The molecule has 2 aromatic rings. The molecule has 0 aliphatic heterocycles. The van der Waals surface area contributed by atoms with Crippen LogP contribution in [0.1, 0.15) is 10.4 Å². The van der Waals surface area contributed by atoms with Gasteiger partial charge in [0.15, 0.2) is 9.84 Å². The third-order valence-corrected chi connectivity index (χ3v) is 5.32. The number of aliphatic hydroxyl groups excluding tert-OH is 1.